The molecule has 0 unspecified atom stereocenters. The van der Waals surface area contributed by atoms with Crippen molar-refractivity contribution in [2.24, 2.45) is 0 Å². The van der Waals surface area contributed by atoms with E-state index in [0.29, 0.717) is 13.1 Å². The van der Waals surface area contributed by atoms with E-state index >= 15 is 0 Å². The number of hydrogen-bond donors (Lipinski definition) is 1. The van der Waals surface area contributed by atoms with Crippen LogP contribution in [0.3, 0.4) is 0 Å². The van der Waals surface area contributed by atoms with Crippen LogP contribution in [-0.2, 0) is 11.3 Å². The van der Waals surface area contributed by atoms with Crippen molar-refractivity contribution >= 4 is 11.8 Å². The van der Waals surface area contributed by atoms with Gasteiger partial charge in [-0.05, 0) is 30.7 Å². The lowest BCUT2D eigenvalue weighted by Crippen LogP contribution is -2.53. The number of nitrogens with one attached hydrogen (secondary N) is 1. The molecule has 0 aromatic heterocycles. The second-order valence-corrected chi connectivity index (χ2v) is 6.91. The molecule has 0 bridgehead atoms. The highest BCUT2D eigenvalue weighted by Gasteiger charge is 2.26. The van der Waals surface area contributed by atoms with Gasteiger partial charge in [-0.2, -0.15) is 0 Å². The quantitative estimate of drug-likeness (QED) is 0.857. The fourth-order valence-electron chi connectivity index (χ4n) is 3.22. The Morgan fingerprint density at radius 1 is 1.00 bits per heavy atom. The zero-order valence-electron chi connectivity index (χ0n) is 15.7. The SMILES string of the molecule is C[C@@H](NC(=O)c1ccc(F)c(F)c1)C(=O)N1CCN(Cc2ccccc2)CC1. The molecule has 0 saturated carbocycles. The largest absolute Gasteiger partial charge is 0.341 e. The highest BCUT2D eigenvalue weighted by atomic mass is 19.2. The molecule has 1 N–H and O–H groups in total. The summed E-state index contributed by atoms with van der Waals surface area (Å²) in [5, 5.41) is 2.56. The molecule has 1 atom stereocenters. The third kappa shape index (κ3) is 4.92. The molecule has 2 aromatic carbocycles. The van der Waals surface area contributed by atoms with Gasteiger partial charge in [0.05, 0.1) is 0 Å². The molecule has 28 heavy (non-hydrogen) atoms. The third-order valence-electron chi connectivity index (χ3n) is 4.83. The first-order chi connectivity index (χ1) is 13.4. The van der Waals surface area contributed by atoms with Gasteiger partial charge >= 0.3 is 0 Å². The van der Waals surface area contributed by atoms with Crippen LogP contribution in [0.1, 0.15) is 22.8 Å². The van der Waals surface area contributed by atoms with Gasteiger partial charge in [0.25, 0.3) is 5.91 Å². The van der Waals surface area contributed by atoms with E-state index in [0.717, 1.165) is 31.8 Å². The molecule has 1 fully saturated rings. The smallest absolute Gasteiger partial charge is 0.252 e. The van der Waals surface area contributed by atoms with Gasteiger partial charge in [0, 0.05) is 38.3 Å². The first-order valence-corrected chi connectivity index (χ1v) is 9.25. The summed E-state index contributed by atoms with van der Waals surface area (Å²) < 4.78 is 26.3. The maximum absolute atomic E-state index is 13.3. The van der Waals surface area contributed by atoms with Crippen molar-refractivity contribution in [1.82, 2.24) is 15.1 Å². The number of nitrogens with zero attached hydrogens (tertiary/aromatic N) is 2. The molecule has 1 aliphatic rings. The Bertz CT molecular complexity index is 837. The standard InChI is InChI=1S/C21H23F2N3O2/c1-15(24-20(27)17-7-8-18(22)19(23)13-17)21(28)26-11-9-25(10-12-26)14-16-5-3-2-4-6-16/h2-8,13,15H,9-12,14H2,1H3,(H,24,27)/t15-/m1/s1. The number of halogens is 2. The van der Waals surface area contributed by atoms with Crippen LogP contribution in [0.2, 0.25) is 0 Å². The van der Waals surface area contributed by atoms with Crippen LogP contribution in [0, 0.1) is 11.6 Å². The molecule has 2 amide bonds. The lowest BCUT2D eigenvalue weighted by atomic mass is 10.1. The number of hydrogen-bond acceptors (Lipinski definition) is 3. The average Bonchev–Trinajstić information content (AvgIpc) is 2.70. The van der Waals surface area contributed by atoms with Crippen LogP contribution in [0.15, 0.2) is 48.5 Å². The molecular weight excluding hydrogens is 364 g/mol. The van der Waals surface area contributed by atoms with E-state index in [9.17, 15) is 18.4 Å². The van der Waals surface area contributed by atoms with Crippen LogP contribution in [0.25, 0.3) is 0 Å². The minimum atomic E-state index is -1.10. The maximum atomic E-state index is 13.3. The minimum Gasteiger partial charge on any atom is -0.341 e. The van der Waals surface area contributed by atoms with E-state index in [4.69, 9.17) is 0 Å². The molecule has 0 radical (unpaired) electrons. The molecule has 1 heterocycles. The second-order valence-electron chi connectivity index (χ2n) is 6.91. The van der Waals surface area contributed by atoms with Gasteiger partial charge in [-0.25, -0.2) is 8.78 Å². The summed E-state index contributed by atoms with van der Waals surface area (Å²) in [6.45, 7) is 5.10. The number of carbonyl (C=O) groups excluding carboxylic acids is 2. The average molecular weight is 387 g/mol. The van der Waals surface area contributed by atoms with E-state index < -0.39 is 23.6 Å². The molecule has 0 aliphatic carbocycles. The highest BCUT2D eigenvalue weighted by molar-refractivity contribution is 5.97. The summed E-state index contributed by atoms with van der Waals surface area (Å²) in [6, 6.07) is 12.3. The van der Waals surface area contributed by atoms with Crippen molar-refractivity contribution in [3.63, 3.8) is 0 Å². The number of amides is 2. The predicted molar refractivity (Wildman–Crippen MR) is 102 cm³/mol. The fraction of sp³-hybridized carbons (Fsp3) is 0.333. The van der Waals surface area contributed by atoms with Crippen molar-refractivity contribution < 1.29 is 18.4 Å². The minimum absolute atomic E-state index is 0.0220. The lowest BCUT2D eigenvalue weighted by molar-refractivity contribution is -0.134. The summed E-state index contributed by atoms with van der Waals surface area (Å²) in [5.41, 5.74) is 1.21. The lowest BCUT2D eigenvalue weighted by Gasteiger charge is -2.36. The van der Waals surface area contributed by atoms with Gasteiger partial charge in [0.15, 0.2) is 11.6 Å². The predicted octanol–water partition coefficient (Wildman–Crippen LogP) is 2.43. The Labute approximate surface area is 162 Å². The van der Waals surface area contributed by atoms with Gasteiger partial charge in [0.1, 0.15) is 6.04 Å². The molecule has 1 aliphatic heterocycles. The molecule has 2 aromatic rings. The van der Waals surface area contributed by atoms with Gasteiger partial charge in [-0.15, -0.1) is 0 Å². The number of piperazine rings is 1. The zero-order chi connectivity index (χ0) is 20.1. The van der Waals surface area contributed by atoms with Crippen molar-refractivity contribution in [1.29, 1.82) is 0 Å². The summed E-state index contributed by atoms with van der Waals surface area (Å²) in [6.07, 6.45) is 0. The molecule has 148 valence electrons. The molecule has 0 spiro atoms. The molecule has 1 saturated heterocycles. The van der Waals surface area contributed by atoms with Crippen molar-refractivity contribution in [3.05, 3.63) is 71.3 Å². The van der Waals surface area contributed by atoms with E-state index in [2.05, 4.69) is 22.3 Å². The Morgan fingerprint density at radius 2 is 1.68 bits per heavy atom. The summed E-state index contributed by atoms with van der Waals surface area (Å²) in [5.74, 6) is -2.91. The van der Waals surface area contributed by atoms with Gasteiger partial charge in [0.2, 0.25) is 5.91 Å². The molecule has 5 nitrogen and oxygen atoms in total. The van der Waals surface area contributed by atoms with Crippen LogP contribution in [0.4, 0.5) is 8.78 Å². The Hall–Kier alpha value is -2.80. The van der Waals surface area contributed by atoms with Crippen LogP contribution < -0.4 is 5.32 Å². The third-order valence-corrected chi connectivity index (χ3v) is 4.83. The van der Waals surface area contributed by atoms with E-state index in [1.807, 2.05) is 18.2 Å². The van der Waals surface area contributed by atoms with Crippen LogP contribution in [-0.4, -0.2) is 53.8 Å². The number of carbonyl (C=O) groups is 2. The molecular formula is C21H23F2N3O2. The fourth-order valence-corrected chi connectivity index (χ4v) is 3.22. The summed E-state index contributed by atoms with van der Waals surface area (Å²) >= 11 is 0. The second kappa shape index (κ2) is 8.93. The first kappa shape index (κ1) is 19.9. The Morgan fingerprint density at radius 3 is 2.32 bits per heavy atom. The topological polar surface area (TPSA) is 52.7 Å². The summed E-state index contributed by atoms with van der Waals surface area (Å²) in [7, 11) is 0. The van der Waals surface area contributed by atoms with Gasteiger partial charge in [-0.3, -0.25) is 14.5 Å². The van der Waals surface area contributed by atoms with Crippen molar-refractivity contribution in [3.8, 4) is 0 Å². The molecule has 7 heteroatoms. The number of rotatable bonds is 5. The van der Waals surface area contributed by atoms with Crippen molar-refractivity contribution in [2.45, 2.75) is 19.5 Å². The Balaban J connectivity index is 1.50. The Kier molecular flexibility index (Phi) is 6.36. The van der Waals surface area contributed by atoms with E-state index in [1.165, 1.54) is 11.6 Å². The van der Waals surface area contributed by atoms with Crippen LogP contribution in [0.5, 0.6) is 0 Å². The molecule has 3 rings (SSSR count). The number of benzene rings is 2. The van der Waals surface area contributed by atoms with Crippen LogP contribution >= 0.6 is 0 Å². The maximum Gasteiger partial charge on any atom is 0.252 e. The summed E-state index contributed by atoms with van der Waals surface area (Å²) in [4.78, 5) is 28.8. The van der Waals surface area contributed by atoms with E-state index in [1.54, 1.807) is 11.8 Å². The normalized spacial score (nSPS) is 15.9. The van der Waals surface area contributed by atoms with Gasteiger partial charge < -0.3 is 10.2 Å². The zero-order valence-corrected chi connectivity index (χ0v) is 15.7. The van der Waals surface area contributed by atoms with Gasteiger partial charge in [-0.1, -0.05) is 30.3 Å². The first-order valence-electron chi connectivity index (χ1n) is 9.25. The monoisotopic (exact) mass is 387 g/mol. The van der Waals surface area contributed by atoms with Crippen molar-refractivity contribution in [2.75, 3.05) is 26.2 Å². The van der Waals surface area contributed by atoms with E-state index in [-0.39, 0.29) is 11.5 Å². The highest BCUT2D eigenvalue weighted by Crippen LogP contribution is 2.11.